The standard InChI is InChI=1S/C21H34O11/c1-21(2)30-15-16(32-21)17-18-19(20(22)31-17)29-14-12-27-10-8-25-6-4-23-3-5-24-7-9-26-11-13-28-18/h16-17H,3-15H2,1-2H3. The predicted molar refractivity (Wildman–Crippen MR) is 108 cm³/mol. The Hall–Kier alpha value is -1.47. The van der Waals surface area contributed by atoms with Gasteiger partial charge in [-0.25, -0.2) is 4.79 Å². The molecule has 0 aromatic heterocycles. The van der Waals surface area contributed by atoms with Crippen molar-refractivity contribution in [2.45, 2.75) is 31.8 Å². The first kappa shape index (κ1) is 25.2. The molecule has 0 aromatic carbocycles. The first-order valence-corrected chi connectivity index (χ1v) is 11.0. The normalized spacial score (nSPS) is 29.9. The van der Waals surface area contributed by atoms with Crippen molar-refractivity contribution < 1.29 is 52.2 Å². The molecule has 0 spiro atoms. The maximum absolute atomic E-state index is 12.5. The molecule has 0 aromatic rings. The van der Waals surface area contributed by atoms with Gasteiger partial charge in [0.1, 0.15) is 19.3 Å². The van der Waals surface area contributed by atoms with E-state index in [1.54, 1.807) is 13.8 Å². The highest BCUT2D eigenvalue weighted by atomic mass is 16.8. The number of ether oxygens (including phenoxy) is 10. The molecule has 3 aliphatic heterocycles. The summed E-state index contributed by atoms with van der Waals surface area (Å²) in [7, 11) is 0. The van der Waals surface area contributed by atoms with Gasteiger partial charge in [-0.15, -0.1) is 0 Å². The lowest BCUT2D eigenvalue weighted by atomic mass is 10.2. The van der Waals surface area contributed by atoms with E-state index in [0.29, 0.717) is 59.5 Å². The van der Waals surface area contributed by atoms with Crippen LogP contribution in [0, 0.1) is 0 Å². The van der Waals surface area contributed by atoms with E-state index in [-0.39, 0.29) is 37.9 Å². The lowest BCUT2D eigenvalue weighted by Crippen LogP contribution is -2.33. The lowest BCUT2D eigenvalue weighted by Gasteiger charge is -2.22. The van der Waals surface area contributed by atoms with E-state index in [9.17, 15) is 4.79 Å². The Kier molecular flexibility index (Phi) is 10.4. The molecule has 3 aliphatic rings. The van der Waals surface area contributed by atoms with Gasteiger partial charge in [0.2, 0.25) is 5.76 Å². The van der Waals surface area contributed by atoms with Gasteiger partial charge in [-0.1, -0.05) is 0 Å². The van der Waals surface area contributed by atoms with Gasteiger partial charge in [0.05, 0.1) is 72.7 Å². The molecular formula is C21H34O11. The number of cyclic esters (lactones) is 1. The number of hydrogen-bond donors (Lipinski definition) is 0. The molecule has 0 radical (unpaired) electrons. The number of carbonyl (C=O) groups is 1. The van der Waals surface area contributed by atoms with Crippen LogP contribution in [-0.4, -0.2) is 110 Å². The molecule has 32 heavy (non-hydrogen) atoms. The molecule has 0 bridgehead atoms. The number of carbonyl (C=O) groups excluding carboxylic acids is 1. The molecule has 2 atom stereocenters. The summed E-state index contributed by atoms with van der Waals surface area (Å²) >= 11 is 0. The van der Waals surface area contributed by atoms with Crippen LogP contribution in [-0.2, 0) is 52.2 Å². The number of rotatable bonds is 1. The zero-order valence-electron chi connectivity index (χ0n) is 18.8. The fourth-order valence-corrected chi connectivity index (χ4v) is 3.23. The topological polar surface area (TPSA) is 109 Å². The van der Waals surface area contributed by atoms with Gasteiger partial charge >= 0.3 is 5.97 Å². The lowest BCUT2D eigenvalue weighted by molar-refractivity contribution is -0.164. The molecule has 1 fully saturated rings. The van der Waals surface area contributed by atoms with Gasteiger partial charge in [-0.05, 0) is 13.8 Å². The first-order valence-electron chi connectivity index (χ1n) is 11.0. The molecule has 0 saturated carbocycles. The molecule has 1 saturated heterocycles. The third-order valence-corrected chi connectivity index (χ3v) is 4.72. The fourth-order valence-electron chi connectivity index (χ4n) is 3.23. The highest BCUT2D eigenvalue weighted by Crippen LogP contribution is 2.34. The van der Waals surface area contributed by atoms with Crippen LogP contribution in [0.1, 0.15) is 13.8 Å². The largest absolute Gasteiger partial charge is 0.487 e. The van der Waals surface area contributed by atoms with Crippen molar-refractivity contribution in [1.82, 2.24) is 0 Å². The summed E-state index contributed by atoms with van der Waals surface area (Å²) in [5, 5.41) is 0. The highest BCUT2D eigenvalue weighted by Gasteiger charge is 2.48. The average Bonchev–Trinajstić information content (AvgIpc) is 3.28. The minimum absolute atomic E-state index is 0.0227. The third-order valence-electron chi connectivity index (χ3n) is 4.72. The van der Waals surface area contributed by atoms with Crippen LogP contribution in [0.25, 0.3) is 0 Å². The van der Waals surface area contributed by atoms with Crippen molar-refractivity contribution in [2.75, 3.05) is 85.9 Å². The Labute approximate surface area is 188 Å². The summed E-state index contributed by atoms with van der Waals surface area (Å²) in [5.74, 6) is -1.06. The second-order valence-electron chi connectivity index (χ2n) is 7.65. The Morgan fingerprint density at radius 3 is 1.62 bits per heavy atom. The molecule has 3 heterocycles. The van der Waals surface area contributed by atoms with Gasteiger partial charge in [-0.2, -0.15) is 0 Å². The second kappa shape index (κ2) is 13.3. The van der Waals surface area contributed by atoms with Crippen LogP contribution in [0.5, 0.6) is 0 Å². The monoisotopic (exact) mass is 462 g/mol. The minimum atomic E-state index is -0.767. The Morgan fingerprint density at radius 2 is 1.16 bits per heavy atom. The van der Waals surface area contributed by atoms with E-state index < -0.39 is 24.0 Å². The first-order chi connectivity index (χ1) is 15.6. The quantitative estimate of drug-likeness (QED) is 0.505. The van der Waals surface area contributed by atoms with E-state index in [4.69, 9.17) is 47.4 Å². The van der Waals surface area contributed by atoms with Crippen LogP contribution in [0.3, 0.4) is 0 Å². The molecule has 3 rings (SSSR count). The number of esters is 1. The average molecular weight is 462 g/mol. The van der Waals surface area contributed by atoms with Gasteiger partial charge in [0, 0.05) is 0 Å². The highest BCUT2D eigenvalue weighted by molar-refractivity contribution is 5.89. The van der Waals surface area contributed by atoms with Crippen LogP contribution < -0.4 is 0 Å². The smallest absolute Gasteiger partial charge is 0.378 e. The van der Waals surface area contributed by atoms with Crippen LogP contribution in [0.15, 0.2) is 11.5 Å². The van der Waals surface area contributed by atoms with Crippen molar-refractivity contribution in [1.29, 1.82) is 0 Å². The van der Waals surface area contributed by atoms with E-state index >= 15 is 0 Å². The summed E-state index contributed by atoms with van der Waals surface area (Å²) in [5.41, 5.74) is 0. The van der Waals surface area contributed by atoms with Crippen LogP contribution in [0.2, 0.25) is 0 Å². The Balaban J connectivity index is 1.57. The zero-order chi connectivity index (χ0) is 22.7. The summed E-state index contributed by atoms with van der Waals surface area (Å²) in [6, 6.07) is 0. The molecular weight excluding hydrogens is 428 g/mol. The van der Waals surface area contributed by atoms with E-state index in [0.717, 1.165) is 0 Å². The molecule has 0 amide bonds. The van der Waals surface area contributed by atoms with Gasteiger partial charge in [-0.3, -0.25) is 0 Å². The summed E-state index contributed by atoms with van der Waals surface area (Å²) in [6.45, 7) is 8.49. The maximum atomic E-state index is 12.5. The Bertz CT molecular complexity index is 607. The van der Waals surface area contributed by atoms with Crippen LogP contribution >= 0.6 is 0 Å². The van der Waals surface area contributed by atoms with Gasteiger partial charge in [0.25, 0.3) is 0 Å². The van der Waals surface area contributed by atoms with Gasteiger partial charge < -0.3 is 47.4 Å². The molecule has 0 N–H and O–H groups in total. The molecule has 2 unspecified atom stereocenters. The molecule has 0 aliphatic carbocycles. The summed E-state index contributed by atoms with van der Waals surface area (Å²) in [4.78, 5) is 12.5. The van der Waals surface area contributed by atoms with Crippen molar-refractivity contribution in [3.05, 3.63) is 11.5 Å². The Morgan fingerprint density at radius 1 is 0.688 bits per heavy atom. The van der Waals surface area contributed by atoms with Gasteiger partial charge in [0.15, 0.2) is 17.7 Å². The number of hydrogen-bond acceptors (Lipinski definition) is 11. The third kappa shape index (κ3) is 8.14. The van der Waals surface area contributed by atoms with Crippen molar-refractivity contribution in [2.24, 2.45) is 0 Å². The van der Waals surface area contributed by atoms with E-state index in [1.165, 1.54) is 0 Å². The second-order valence-corrected chi connectivity index (χ2v) is 7.65. The predicted octanol–water partition coefficient (Wildman–Crippen LogP) is 0.405. The van der Waals surface area contributed by atoms with Crippen molar-refractivity contribution >= 4 is 5.97 Å². The van der Waals surface area contributed by atoms with Crippen molar-refractivity contribution in [3.8, 4) is 0 Å². The summed E-state index contributed by atoms with van der Waals surface area (Å²) in [6.07, 6.45) is -1.25. The molecule has 184 valence electrons. The van der Waals surface area contributed by atoms with E-state index in [1.807, 2.05) is 0 Å². The van der Waals surface area contributed by atoms with E-state index in [2.05, 4.69) is 0 Å². The maximum Gasteiger partial charge on any atom is 0.378 e. The fraction of sp³-hybridized carbons (Fsp3) is 0.857. The SMILES string of the molecule is CC1(C)OCC(C2OC(=O)C3=C2OCCOCCOCCOCCOCCOCCO3)O1. The molecule has 11 nitrogen and oxygen atoms in total. The summed E-state index contributed by atoms with van der Waals surface area (Å²) < 4.78 is 55.8. The van der Waals surface area contributed by atoms with Crippen molar-refractivity contribution in [3.63, 3.8) is 0 Å². The zero-order valence-corrected chi connectivity index (χ0v) is 18.8. The van der Waals surface area contributed by atoms with Crippen LogP contribution in [0.4, 0.5) is 0 Å². The molecule has 11 heteroatoms. The minimum Gasteiger partial charge on any atom is -0.487 e.